The molecule has 0 saturated carbocycles. The summed E-state index contributed by atoms with van der Waals surface area (Å²) in [4.78, 5) is 10.8. The van der Waals surface area contributed by atoms with Crippen LogP contribution >= 0.6 is 0 Å². The van der Waals surface area contributed by atoms with Gasteiger partial charge in [0.15, 0.2) is 0 Å². The average molecular weight is 142 g/mol. The molecule has 10 heavy (non-hydrogen) atoms. The number of hydrogen-bond donors (Lipinski definition) is 3. The third kappa shape index (κ3) is 1.48. The highest BCUT2D eigenvalue weighted by Gasteiger charge is 1.97. The quantitative estimate of drug-likeness (QED) is 0.538. The van der Waals surface area contributed by atoms with Gasteiger partial charge in [-0.15, -0.1) is 0 Å². The van der Waals surface area contributed by atoms with Gasteiger partial charge < -0.3 is 10.2 Å². The van der Waals surface area contributed by atoms with Gasteiger partial charge in [0.05, 0.1) is 0 Å². The highest BCUT2D eigenvalue weighted by Crippen LogP contribution is 1.91. The molecule has 0 spiro atoms. The van der Waals surface area contributed by atoms with Crippen LogP contribution in [0.4, 0.5) is 0 Å². The van der Waals surface area contributed by atoms with E-state index < -0.39 is 0 Å². The summed E-state index contributed by atoms with van der Waals surface area (Å²) in [6, 6.07) is 0. The van der Waals surface area contributed by atoms with Gasteiger partial charge in [0.1, 0.15) is 0 Å². The fraction of sp³-hybridized carbons (Fsp3) is 0.500. The van der Waals surface area contributed by atoms with Crippen molar-refractivity contribution in [1.29, 1.82) is 0 Å². The number of rotatable bonds is 3. The largest absolute Gasteiger partial charge is 0.396 e. The minimum atomic E-state index is -0.0894. The summed E-state index contributed by atoms with van der Waals surface area (Å²) in [6.07, 6.45) is 2.90. The molecular weight excluding hydrogens is 132 g/mol. The number of aliphatic hydroxyl groups excluding tert-OH is 1. The Bertz CT molecular complexity index is 238. The Balaban J connectivity index is 2.57. The number of aromatic amines is 2. The van der Waals surface area contributed by atoms with Crippen molar-refractivity contribution < 1.29 is 5.11 Å². The fourth-order valence-corrected chi connectivity index (χ4v) is 0.790. The number of aryl methyl sites for hydroxylation is 1. The summed E-state index contributed by atoms with van der Waals surface area (Å²) in [5, 5.41) is 13.4. The van der Waals surface area contributed by atoms with E-state index in [4.69, 9.17) is 5.11 Å². The van der Waals surface area contributed by atoms with Crippen LogP contribution in [0.5, 0.6) is 0 Å². The molecule has 0 saturated heterocycles. The van der Waals surface area contributed by atoms with Crippen molar-refractivity contribution in [3.63, 3.8) is 0 Å². The smallest absolute Gasteiger partial charge is 0.267 e. The maximum atomic E-state index is 10.8. The van der Waals surface area contributed by atoms with Crippen LogP contribution in [-0.4, -0.2) is 21.9 Å². The van der Waals surface area contributed by atoms with E-state index in [-0.39, 0.29) is 12.2 Å². The van der Waals surface area contributed by atoms with Crippen LogP contribution < -0.4 is 5.56 Å². The van der Waals surface area contributed by atoms with Gasteiger partial charge in [0.25, 0.3) is 5.56 Å². The first kappa shape index (κ1) is 7.08. The summed E-state index contributed by atoms with van der Waals surface area (Å²) in [7, 11) is 0. The van der Waals surface area contributed by atoms with Crippen molar-refractivity contribution in [1.82, 2.24) is 10.2 Å². The molecule has 1 aromatic rings. The first-order valence-electron chi connectivity index (χ1n) is 3.20. The van der Waals surface area contributed by atoms with E-state index in [1.165, 1.54) is 0 Å². The third-order valence-electron chi connectivity index (χ3n) is 1.33. The van der Waals surface area contributed by atoms with Crippen molar-refractivity contribution in [2.24, 2.45) is 0 Å². The Morgan fingerprint density at radius 3 is 2.90 bits per heavy atom. The molecule has 0 aliphatic heterocycles. The first-order valence-corrected chi connectivity index (χ1v) is 3.20. The van der Waals surface area contributed by atoms with Crippen molar-refractivity contribution in [2.45, 2.75) is 12.8 Å². The second-order valence-corrected chi connectivity index (χ2v) is 2.10. The van der Waals surface area contributed by atoms with Crippen LogP contribution in [0.25, 0.3) is 0 Å². The van der Waals surface area contributed by atoms with Gasteiger partial charge in [-0.05, 0) is 12.8 Å². The Kier molecular flexibility index (Phi) is 2.28. The van der Waals surface area contributed by atoms with E-state index in [0.717, 1.165) is 0 Å². The third-order valence-corrected chi connectivity index (χ3v) is 1.33. The van der Waals surface area contributed by atoms with E-state index in [0.29, 0.717) is 18.4 Å². The van der Waals surface area contributed by atoms with Gasteiger partial charge in [-0.2, -0.15) is 0 Å². The Morgan fingerprint density at radius 2 is 2.40 bits per heavy atom. The van der Waals surface area contributed by atoms with E-state index in [1.54, 1.807) is 6.20 Å². The molecule has 0 unspecified atom stereocenters. The minimum Gasteiger partial charge on any atom is -0.396 e. The molecule has 0 aliphatic carbocycles. The predicted octanol–water partition coefficient (Wildman–Crippen LogP) is -0.372. The highest BCUT2D eigenvalue weighted by atomic mass is 16.2. The van der Waals surface area contributed by atoms with Crippen LogP contribution in [0, 0.1) is 0 Å². The number of H-pyrrole nitrogens is 2. The second-order valence-electron chi connectivity index (χ2n) is 2.10. The lowest BCUT2D eigenvalue weighted by Gasteiger charge is -1.88. The molecule has 56 valence electrons. The number of aromatic nitrogens is 2. The Hall–Kier alpha value is -1.03. The number of aliphatic hydroxyl groups is 1. The lowest BCUT2D eigenvalue weighted by molar-refractivity contribution is 0.288. The lowest BCUT2D eigenvalue weighted by Crippen LogP contribution is -2.05. The van der Waals surface area contributed by atoms with Gasteiger partial charge in [-0.3, -0.25) is 9.89 Å². The molecule has 1 heterocycles. The van der Waals surface area contributed by atoms with Crippen molar-refractivity contribution >= 4 is 0 Å². The molecule has 3 N–H and O–H groups in total. The standard InChI is InChI=1S/C6H10N2O2/c9-3-1-2-5-4-7-8-6(5)10/h4,9H,1-3H2,(H2,7,8,10). The van der Waals surface area contributed by atoms with Crippen molar-refractivity contribution in [3.8, 4) is 0 Å². The van der Waals surface area contributed by atoms with E-state index in [9.17, 15) is 4.79 Å². The maximum absolute atomic E-state index is 10.8. The van der Waals surface area contributed by atoms with Gasteiger partial charge in [-0.25, -0.2) is 0 Å². The molecule has 0 amide bonds. The predicted molar refractivity (Wildman–Crippen MR) is 36.8 cm³/mol. The highest BCUT2D eigenvalue weighted by molar-refractivity contribution is 5.02. The van der Waals surface area contributed by atoms with Crippen LogP contribution in [0.2, 0.25) is 0 Å². The van der Waals surface area contributed by atoms with Crippen LogP contribution in [0.3, 0.4) is 0 Å². The van der Waals surface area contributed by atoms with Gasteiger partial charge in [0, 0.05) is 18.4 Å². The summed E-state index contributed by atoms with van der Waals surface area (Å²) in [5.41, 5.74) is 0.613. The fourth-order valence-electron chi connectivity index (χ4n) is 0.790. The first-order chi connectivity index (χ1) is 4.84. The zero-order valence-corrected chi connectivity index (χ0v) is 5.55. The molecule has 4 nitrogen and oxygen atoms in total. The molecule has 0 aromatic carbocycles. The zero-order valence-electron chi connectivity index (χ0n) is 5.55. The summed E-state index contributed by atoms with van der Waals surface area (Å²) in [6.45, 7) is 0.130. The zero-order chi connectivity index (χ0) is 7.40. The molecule has 0 bridgehead atoms. The lowest BCUT2D eigenvalue weighted by atomic mass is 10.2. The monoisotopic (exact) mass is 142 g/mol. The van der Waals surface area contributed by atoms with Gasteiger partial charge in [-0.1, -0.05) is 0 Å². The van der Waals surface area contributed by atoms with Gasteiger partial charge in [0.2, 0.25) is 0 Å². The summed E-state index contributed by atoms with van der Waals surface area (Å²) in [5.74, 6) is 0. The van der Waals surface area contributed by atoms with Crippen LogP contribution in [0.15, 0.2) is 11.0 Å². The number of hydrogen-bond acceptors (Lipinski definition) is 2. The molecule has 0 fully saturated rings. The van der Waals surface area contributed by atoms with Crippen LogP contribution in [0.1, 0.15) is 12.0 Å². The SMILES string of the molecule is O=c1[nH][nH]cc1CCCO. The molecular formula is C6H10N2O2. The van der Waals surface area contributed by atoms with Crippen molar-refractivity contribution in [3.05, 3.63) is 22.1 Å². The van der Waals surface area contributed by atoms with Gasteiger partial charge >= 0.3 is 0 Å². The molecule has 0 radical (unpaired) electrons. The van der Waals surface area contributed by atoms with E-state index in [2.05, 4.69) is 10.2 Å². The minimum absolute atomic E-state index is 0.0894. The Morgan fingerprint density at radius 1 is 1.60 bits per heavy atom. The number of nitrogens with one attached hydrogen (secondary N) is 2. The Labute approximate surface area is 57.9 Å². The van der Waals surface area contributed by atoms with E-state index in [1.807, 2.05) is 0 Å². The molecule has 4 heteroatoms. The second kappa shape index (κ2) is 3.22. The topological polar surface area (TPSA) is 68.9 Å². The van der Waals surface area contributed by atoms with Crippen molar-refractivity contribution in [2.75, 3.05) is 6.61 Å². The summed E-state index contributed by atoms with van der Waals surface area (Å²) < 4.78 is 0. The molecule has 1 aromatic heterocycles. The molecule has 0 atom stereocenters. The molecule has 0 aliphatic rings. The maximum Gasteiger partial charge on any atom is 0.267 e. The average Bonchev–Trinajstić information content (AvgIpc) is 2.31. The van der Waals surface area contributed by atoms with E-state index >= 15 is 0 Å². The normalized spacial score (nSPS) is 10.1. The van der Waals surface area contributed by atoms with Crippen LogP contribution in [-0.2, 0) is 6.42 Å². The molecule has 1 rings (SSSR count). The summed E-state index contributed by atoms with van der Waals surface area (Å²) >= 11 is 0.